The van der Waals surface area contributed by atoms with Crippen molar-refractivity contribution >= 4 is 5.69 Å². The maximum Gasteiger partial charge on any atom is 0.142 e. The highest BCUT2D eigenvalue weighted by Crippen LogP contribution is 2.35. The van der Waals surface area contributed by atoms with E-state index in [0.29, 0.717) is 25.3 Å². The Labute approximate surface area is 205 Å². The maximum atomic E-state index is 6.14. The molecule has 1 aliphatic rings. The second kappa shape index (κ2) is 11.4. The van der Waals surface area contributed by atoms with Gasteiger partial charge in [0.2, 0.25) is 0 Å². The third-order valence-electron chi connectivity index (χ3n) is 6.58. The maximum absolute atomic E-state index is 6.14. The molecule has 0 saturated heterocycles. The van der Waals surface area contributed by atoms with Gasteiger partial charge in [-0.25, -0.2) is 0 Å². The van der Waals surface area contributed by atoms with Gasteiger partial charge in [-0.05, 0) is 69.5 Å². The van der Waals surface area contributed by atoms with Crippen molar-refractivity contribution in [1.82, 2.24) is 4.90 Å². The lowest BCUT2D eigenvalue weighted by atomic mass is 10.0. The first-order valence-electron chi connectivity index (χ1n) is 12.5. The molecule has 0 amide bonds. The van der Waals surface area contributed by atoms with Crippen LogP contribution in [0.3, 0.4) is 0 Å². The zero-order valence-corrected chi connectivity index (χ0v) is 21.0. The first-order valence-corrected chi connectivity index (χ1v) is 12.5. The molecule has 4 rings (SSSR count). The number of anilines is 1. The molecule has 0 aromatic heterocycles. The molecule has 0 saturated carbocycles. The Morgan fingerprint density at radius 3 is 2.24 bits per heavy atom. The fourth-order valence-electron chi connectivity index (χ4n) is 4.83. The van der Waals surface area contributed by atoms with E-state index in [1.165, 1.54) is 16.8 Å². The highest BCUT2D eigenvalue weighted by Gasteiger charge is 2.27. The van der Waals surface area contributed by atoms with Crippen molar-refractivity contribution in [2.24, 2.45) is 0 Å². The van der Waals surface area contributed by atoms with Gasteiger partial charge in [-0.1, -0.05) is 54.6 Å². The molecule has 1 heterocycles. The summed E-state index contributed by atoms with van der Waals surface area (Å²) >= 11 is 0. The molecular formula is C30H38N2O2. The minimum Gasteiger partial charge on any atom is -0.492 e. The summed E-state index contributed by atoms with van der Waals surface area (Å²) < 4.78 is 12.2. The van der Waals surface area contributed by atoms with Crippen molar-refractivity contribution < 1.29 is 9.47 Å². The first kappa shape index (κ1) is 24.2. The zero-order chi connectivity index (χ0) is 23.9. The second-order valence-electron chi connectivity index (χ2n) is 9.67. The minimum absolute atomic E-state index is 0.271. The van der Waals surface area contributed by atoms with Crippen molar-refractivity contribution in [3.05, 3.63) is 90.0 Å². The number of para-hydroxylation sites is 2. The average molecular weight is 459 g/mol. The highest BCUT2D eigenvalue weighted by molar-refractivity contribution is 5.61. The zero-order valence-electron chi connectivity index (χ0n) is 21.0. The van der Waals surface area contributed by atoms with E-state index < -0.39 is 0 Å². The van der Waals surface area contributed by atoms with Gasteiger partial charge in [-0.3, -0.25) is 4.90 Å². The lowest BCUT2D eigenvalue weighted by Gasteiger charge is -2.39. The van der Waals surface area contributed by atoms with E-state index in [2.05, 4.69) is 110 Å². The summed E-state index contributed by atoms with van der Waals surface area (Å²) in [6, 6.07) is 28.9. The molecule has 4 heteroatoms. The quantitative estimate of drug-likeness (QED) is 0.361. The molecule has 0 bridgehead atoms. The number of fused-ring (bicyclic) bond motifs is 1. The summed E-state index contributed by atoms with van der Waals surface area (Å²) in [5.74, 6) is 1.90. The number of hydrogen-bond acceptors (Lipinski definition) is 4. The van der Waals surface area contributed by atoms with E-state index in [4.69, 9.17) is 9.47 Å². The van der Waals surface area contributed by atoms with Gasteiger partial charge in [0.05, 0.1) is 11.7 Å². The van der Waals surface area contributed by atoms with Gasteiger partial charge in [0, 0.05) is 25.2 Å². The number of benzene rings is 3. The normalized spacial score (nSPS) is 15.5. The van der Waals surface area contributed by atoms with Gasteiger partial charge >= 0.3 is 0 Å². The van der Waals surface area contributed by atoms with E-state index >= 15 is 0 Å². The van der Waals surface area contributed by atoms with E-state index in [0.717, 1.165) is 31.0 Å². The fraction of sp³-hybridized carbons (Fsp3) is 0.400. The van der Waals surface area contributed by atoms with Crippen LogP contribution in [0.2, 0.25) is 0 Å². The molecule has 1 aliphatic heterocycles. The van der Waals surface area contributed by atoms with E-state index in [1.807, 2.05) is 6.07 Å². The summed E-state index contributed by atoms with van der Waals surface area (Å²) in [6.45, 7) is 12.1. The standard InChI is InChI=1S/C30H38N2O2/c1-23(2)31(24(3)4)18-19-33-28-16-14-25(15-17-28)20-27-22-34-30-13-9-8-12-29(30)32(27)21-26-10-6-5-7-11-26/h5-17,23-24,27H,18-22H2,1-4H3/t27-/m0/s1. The van der Waals surface area contributed by atoms with Crippen LogP contribution in [-0.2, 0) is 13.0 Å². The van der Waals surface area contributed by atoms with Crippen molar-refractivity contribution in [2.75, 3.05) is 24.7 Å². The third kappa shape index (κ3) is 6.12. The predicted octanol–water partition coefficient (Wildman–Crippen LogP) is 6.19. The summed E-state index contributed by atoms with van der Waals surface area (Å²) in [7, 11) is 0. The van der Waals surface area contributed by atoms with Crippen molar-refractivity contribution in [3.8, 4) is 11.5 Å². The molecule has 1 atom stereocenters. The van der Waals surface area contributed by atoms with E-state index in [-0.39, 0.29) is 6.04 Å². The molecule has 0 radical (unpaired) electrons. The largest absolute Gasteiger partial charge is 0.492 e. The Bertz CT molecular complexity index is 1010. The van der Waals surface area contributed by atoms with Gasteiger partial charge in [0.25, 0.3) is 0 Å². The molecule has 34 heavy (non-hydrogen) atoms. The topological polar surface area (TPSA) is 24.9 Å². The van der Waals surface area contributed by atoms with Crippen LogP contribution in [0, 0.1) is 0 Å². The Balaban J connectivity index is 1.41. The first-order chi connectivity index (χ1) is 16.5. The minimum atomic E-state index is 0.271. The van der Waals surface area contributed by atoms with Crippen LogP contribution >= 0.6 is 0 Å². The monoisotopic (exact) mass is 458 g/mol. The van der Waals surface area contributed by atoms with Crippen LogP contribution in [0.1, 0.15) is 38.8 Å². The van der Waals surface area contributed by atoms with Gasteiger partial charge < -0.3 is 14.4 Å². The Morgan fingerprint density at radius 1 is 0.853 bits per heavy atom. The van der Waals surface area contributed by atoms with Crippen LogP contribution in [0.5, 0.6) is 11.5 Å². The molecule has 180 valence electrons. The molecule has 3 aromatic rings. The molecule has 4 nitrogen and oxygen atoms in total. The van der Waals surface area contributed by atoms with Gasteiger partial charge in [-0.15, -0.1) is 0 Å². The van der Waals surface area contributed by atoms with Crippen LogP contribution in [0.4, 0.5) is 5.69 Å². The number of ether oxygens (including phenoxy) is 2. The van der Waals surface area contributed by atoms with Gasteiger partial charge in [0.1, 0.15) is 24.7 Å². The van der Waals surface area contributed by atoms with E-state index in [1.54, 1.807) is 0 Å². The predicted molar refractivity (Wildman–Crippen MR) is 141 cm³/mol. The van der Waals surface area contributed by atoms with Crippen LogP contribution < -0.4 is 14.4 Å². The smallest absolute Gasteiger partial charge is 0.142 e. The van der Waals surface area contributed by atoms with Crippen molar-refractivity contribution in [2.45, 2.75) is 58.8 Å². The molecule has 3 aromatic carbocycles. The molecule has 0 N–H and O–H groups in total. The second-order valence-corrected chi connectivity index (χ2v) is 9.67. The van der Waals surface area contributed by atoms with Gasteiger partial charge in [0.15, 0.2) is 0 Å². The summed E-state index contributed by atoms with van der Waals surface area (Å²) in [5, 5.41) is 0. The number of hydrogen-bond donors (Lipinski definition) is 0. The van der Waals surface area contributed by atoms with Crippen molar-refractivity contribution in [1.29, 1.82) is 0 Å². The summed E-state index contributed by atoms with van der Waals surface area (Å²) in [4.78, 5) is 4.95. The lowest BCUT2D eigenvalue weighted by Crippen LogP contribution is -2.44. The van der Waals surface area contributed by atoms with Crippen LogP contribution in [0.25, 0.3) is 0 Å². The fourth-order valence-corrected chi connectivity index (χ4v) is 4.83. The van der Waals surface area contributed by atoms with Crippen LogP contribution in [-0.4, -0.2) is 42.8 Å². The summed E-state index contributed by atoms with van der Waals surface area (Å²) in [5.41, 5.74) is 3.77. The third-order valence-corrected chi connectivity index (χ3v) is 6.58. The lowest BCUT2D eigenvalue weighted by molar-refractivity contribution is 0.142. The molecule has 0 fully saturated rings. The van der Waals surface area contributed by atoms with E-state index in [9.17, 15) is 0 Å². The van der Waals surface area contributed by atoms with Crippen LogP contribution in [0.15, 0.2) is 78.9 Å². The van der Waals surface area contributed by atoms with Crippen molar-refractivity contribution in [3.63, 3.8) is 0 Å². The Hall–Kier alpha value is -2.98. The SMILES string of the molecule is CC(C)N(CCOc1ccc(C[C@H]2COc3ccccc3N2Cc2ccccc2)cc1)C(C)C. The molecule has 0 aliphatic carbocycles. The average Bonchev–Trinajstić information content (AvgIpc) is 2.84. The Morgan fingerprint density at radius 2 is 1.53 bits per heavy atom. The highest BCUT2D eigenvalue weighted by atomic mass is 16.5. The van der Waals surface area contributed by atoms with Gasteiger partial charge in [-0.2, -0.15) is 0 Å². The number of rotatable bonds is 10. The summed E-state index contributed by atoms with van der Waals surface area (Å²) in [6.07, 6.45) is 0.927. The number of nitrogens with zero attached hydrogens (tertiary/aromatic N) is 2. The Kier molecular flexibility index (Phi) is 8.12. The molecule has 0 unspecified atom stereocenters. The molecule has 0 spiro atoms. The molecular weight excluding hydrogens is 420 g/mol.